The third-order valence-electron chi connectivity index (χ3n) is 2.63. The molecule has 0 fully saturated rings. The van der Waals surface area contributed by atoms with Gasteiger partial charge >= 0.3 is 0 Å². The summed E-state index contributed by atoms with van der Waals surface area (Å²) in [5, 5.41) is 3.26. The summed E-state index contributed by atoms with van der Waals surface area (Å²) in [5.74, 6) is 7.62. The van der Waals surface area contributed by atoms with E-state index in [0.29, 0.717) is 5.82 Å². The van der Waals surface area contributed by atoms with Gasteiger partial charge in [0.15, 0.2) is 0 Å². The highest BCUT2D eigenvalue weighted by molar-refractivity contribution is 5.46. The van der Waals surface area contributed by atoms with Gasteiger partial charge in [0.25, 0.3) is 0 Å². The molecular weight excluding hydrogens is 242 g/mol. The largest absolute Gasteiger partial charge is 0.368 e. The predicted octanol–water partition coefficient (Wildman–Crippen LogP) is 1.02. The van der Waals surface area contributed by atoms with Crippen molar-refractivity contribution < 1.29 is 0 Å². The summed E-state index contributed by atoms with van der Waals surface area (Å²) in [6.45, 7) is 3.69. The molecule has 2 aromatic rings. The summed E-state index contributed by atoms with van der Waals surface area (Å²) in [6, 6.07) is 1.80. The zero-order valence-corrected chi connectivity index (χ0v) is 11.0. The molecule has 2 rings (SSSR count). The molecule has 0 spiro atoms. The quantitative estimate of drug-likeness (QED) is 0.509. The molecule has 0 unspecified atom stereocenters. The summed E-state index contributed by atoms with van der Waals surface area (Å²) in [6.07, 6.45) is 7.32. The van der Waals surface area contributed by atoms with Gasteiger partial charge in [-0.25, -0.2) is 20.8 Å². The smallest absolute Gasteiger partial charge is 0.145 e. The zero-order chi connectivity index (χ0) is 13.5. The molecule has 102 valence electrons. The van der Waals surface area contributed by atoms with Gasteiger partial charge in [-0.05, 0) is 6.42 Å². The number of hydrogen-bond donors (Lipinski definition) is 3. The fourth-order valence-corrected chi connectivity index (χ4v) is 1.73. The lowest BCUT2D eigenvalue weighted by Gasteiger charge is -2.09. The van der Waals surface area contributed by atoms with Crippen LogP contribution in [0.15, 0.2) is 24.8 Å². The van der Waals surface area contributed by atoms with Gasteiger partial charge in [0, 0.05) is 38.0 Å². The molecule has 0 aromatic carbocycles. The van der Waals surface area contributed by atoms with Crippen LogP contribution in [0.1, 0.15) is 19.2 Å². The van der Waals surface area contributed by atoms with Crippen LogP contribution in [-0.4, -0.2) is 26.1 Å². The Morgan fingerprint density at radius 2 is 2.16 bits per heavy atom. The van der Waals surface area contributed by atoms with Crippen molar-refractivity contribution in [2.75, 3.05) is 17.3 Å². The second-order valence-electron chi connectivity index (χ2n) is 4.18. The minimum atomic E-state index is 0.628. The molecule has 0 aliphatic rings. The minimum absolute atomic E-state index is 0.628. The number of hydrazine groups is 1. The Balaban J connectivity index is 1.96. The Bertz CT molecular complexity index is 495. The molecule has 4 N–H and O–H groups in total. The summed E-state index contributed by atoms with van der Waals surface area (Å²) in [7, 11) is 0. The highest BCUT2D eigenvalue weighted by atomic mass is 15.3. The van der Waals surface area contributed by atoms with E-state index in [2.05, 4.69) is 32.6 Å². The Hall–Kier alpha value is -2.15. The van der Waals surface area contributed by atoms with Crippen LogP contribution in [0.4, 0.5) is 11.6 Å². The molecule has 0 radical (unpaired) electrons. The van der Waals surface area contributed by atoms with Crippen molar-refractivity contribution in [3.8, 4) is 0 Å². The number of aromatic nitrogens is 4. The van der Waals surface area contributed by atoms with E-state index in [4.69, 9.17) is 5.84 Å². The molecule has 0 aliphatic heterocycles. The van der Waals surface area contributed by atoms with E-state index in [1.54, 1.807) is 18.6 Å². The lowest BCUT2D eigenvalue weighted by Crippen LogP contribution is -2.14. The highest BCUT2D eigenvalue weighted by Gasteiger charge is 2.03. The average molecular weight is 261 g/mol. The van der Waals surface area contributed by atoms with Crippen LogP contribution < -0.4 is 16.6 Å². The molecule has 2 aromatic heterocycles. The summed E-state index contributed by atoms with van der Waals surface area (Å²) < 4.78 is 2.00. The standard InChI is InChI=1S/C12H19N7/c1-2-3-10-16-11(8-12(17-10)18-13)15-5-7-19-6-4-14-9-19/h4,6,8-9H,2-3,5,7,13H2,1H3,(H2,15,16,17,18). The summed E-state index contributed by atoms with van der Waals surface area (Å²) in [5.41, 5.74) is 2.56. The van der Waals surface area contributed by atoms with Gasteiger partial charge in [0.1, 0.15) is 17.5 Å². The number of rotatable bonds is 7. The first kappa shape index (κ1) is 13.3. The van der Waals surface area contributed by atoms with Crippen molar-refractivity contribution in [1.82, 2.24) is 19.5 Å². The molecule has 0 atom stereocenters. The number of hydrogen-bond acceptors (Lipinski definition) is 6. The molecule has 2 heterocycles. The van der Waals surface area contributed by atoms with E-state index in [0.717, 1.165) is 37.6 Å². The first-order chi connectivity index (χ1) is 9.31. The lowest BCUT2D eigenvalue weighted by molar-refractivity contribution is 0.723. The Morgan fingerprint density at radius 3 is 2.84 bits per heavy atom. The van der Waals surface area contributed by atoms with Gasteiger partial charge in [-0.2, -0.15) is 0 Å². The third-order valence-corrected chi connectivity index (χ3v) is 2.63. The molecule has 0 amide bonds. The fourth-order valence-electron chi connectivity index (χ4n) is 1.73. The van der Waals surface area contributed by atoms with Crippen LogP contribution in [0.25, 0.3) is 0 Å². The van der Waals surface area contributed by atoms with E-state index in [1.165, 1.54) is 0 Å². The summed E-state index contributed by atoms with van der Waals surface area (Å²) in [4.78, 5) is 12.7. The number of anilines is 2. The maximum Gasteiger partial charge on any atom is 0.145 e. The maximum atomic E-state index is 5.41. The molecule has 7 heteroatoms. The van der Waals surface area contributed by atoms with Crippen LogP contribution in [0.3, 0.4) is 0 Å². The van der Waals surface area contributed by atoms with Crippen molar-refractivity contribution in [1.29, 1.82) is 0 Å². The average Bonchev–Trinajstić information content (AvgIpc) is 2.92. The van der Waals surface area contributed by atoms with Gasteiger partial charge in [-0.3, -0.25) is 0 Å². The number of nitrogens with zero attached hydrogens (tertiary/aromatic N) is 4. The van der Waals surface area contributed by atoms with Crippen LogP contribution in [0.2, 0.25) is 0 Å². The Morgan fingerprint density at radius 1 is 1.32 bits per heavy atom. The van der Waals surface area contributed by atoms with E-state index in [1.807, 2.05) is 10.8 Å². The molecule has 0 saturated carbocycles. The first-order valence-electron chi connectivity index (χ1n) is 6.36. The number of nitrogens with two attached hydrogens (primary N) is 1. The predicted molar refractivity (Wildman–Crippen MR) is 74.6 cm³/mol. The topological polar surface area (TPSA) is 93.7 Å². The van der Waals surface area contributed by atoms with Gasteiger partial charge in [-0.1, -0.05) is 6.92 Å². The van der Waals surface area contributed by atoms with Crippen molar-refractivity contribution in [2.24, 2.45) is 5.84 Å². The first-order valence-corrected chi connectivity index (χ1v) is 6.36. The number of nitrogens with one attached hydrogen (secondary N) is 2. The third kappa shape index (κ3) is 3.92. The van der Waals surface area contributed by atoms with Crippen LogP contribution in [0, 0.1) is 0 Å². The molecule has 0 aliphatic carbocycles. The monoisotopic (exact) mass is 261 g/mol. The second-order valence-corrected chi connectivity index (χ2v) is 4.18. The Kier molecular flexibility index (Phi) is 4.68. The molecule has 0 saturated heterocycles. The van der Waals surface area contributed by atoms with Crippen molar-refractivity contribution in [3.05, 3.63) is 30.6 Å². The highest BCUT2D eigenvalue weighted by Crippen LogP contribution is 2.11. The van der Waals surface area contributed by atoms with Crippen molar-refractivity contribution in [2.45, 2.75) is 26.3 Å². The minimum Gasteiger partial charge on any atom is -0.368 e. The van der Waals surface area contributed by atoms with E-state index < -0.39 is 0 Å². The Labute approximate surface area is 112 Å². The zero-order valence-electron chi connectivity index (χ0n) is 11.0. The number of nitrogen functional groups attached to an aromatic ring is 1. The van der Waals surface area contributed by atoms with Crippen LogP contribution in [-0.2, 0) is 13.0 Å². The van der Waals surface area contributed by atoms with Gasteiger partial charge in [0.2, 0.25) is 0 Å². The maximum absolute atomic E-state index is 5.41. The van der Waals surface area contributed by atoms with Gasteiger partial charge < -0.3 is 15.3 Å². The van der Waals surface area contributed by atoms with E-state index in [9.17, 15) is 0 Å². The van der Waals surface area contributed by atoms with Crippen LogP contribution in [0.5, 0.6) is 0 Å². The molecular formula is C12H19N7. The SMILES string of the molecule is CCCc1nc(NN)cc(NCCn2ccnc2)n1. The van der Waals surface area contributed by atoms with Crippen LogP contribution >= 0.6 is 0 Å². The fraction of sp³-hybridized carbons (Fsp3) is 0.417. The molecule has 7 nitrogen and oxygen atoms in total. The van der Waals surface area contributed by atoms with E-state index >= 15 is 0 Å². The second kappa shape index (κ2) is 6.69. The van der Waals surface area contributed by atoms with Crippen molar-refractivity contribution >= 4 is 11.6 Å². The number of imidazole rings is 1. The normalized spacial score (nSPS) is 10.4. The lowest BCUT2D eigenvalue weighted by atomic mass is 10.3. The number of aryl methyl sites for hydroxylation is 1. The van der Waals surface area contributed by atoms with E-state index in [-0.39, 0.29) is 0 Å². The molecule has 0 bridgehead atoms. The summed E-state index contributed by atoms with van der Waals surface area (Å²) >= 11 is 0. The van der Waals surface area contributed by atoms with Gasteiger partial charge in [-0.15, -0.1) is 0 Å². The molecule has 19 heavy (non-hydrogen) atoms. The van der Waals surface area contributed by atoms with Gasteiger partial charge in [0.05, 0.1) is 6.33 Å². The van der Waals surface area contributed by atoms with Crippen molar-refractivity contribution in [3.63, 3.8) is 0 Å².